The van der Waals surface area contributed by atoms with E-state index in [0.717, 1.165) is 45.9 Å². The molecule has 0 spiro atoms. The van der Waals surface area contributed by atoms with Gasteiger partial charge in [-0.3, -0.25) is 14.6 Å². The van der Waals surface area contributed by atoms with Crippen molar-refractivity contribution in [3.8, 4) is 0 Å². The quantitative estimate of drug-likeness (QED) is 0.700. The van der Waals surface area contributed by atoms with Gasteiger partial charge in [-0.05, 0) is 12.1 Å². The molecule has 132 valence electrons. The molecule has 6 heteroatoms. The van der Waals surface area contributed by atoms with Crippen LogP contribution in [0.15, 0.2) is 30.3 Å². The average molecular weight is 333 g/mol. The lowest BCUT2D eigenvalue weighted by molar-refractivity contribution is -0.0779. The third-order valence-electron chi connectivity index (χ3n) is 4.66. The van der Waals surface area contributed by atoms with Gasteiger partial charge in [0.25, 0.3) is 5.91 Å². The Balaban J connectivity index is 1.20. The van der Waals surface area contributed by atoms with Gasteiger partial charge in [0.15, 0.2) is 0 Å². The summed E-state index contributed by atoms with van der Waals surface area (Å²) < 4.78 is 10.9. The molecule has 0 saturated carbocycles. The Morgan fingerprint density at radius 3 is 2.54 bits per heavy atom. The molecule has 2 heterocycles. The zero-order valence-electron chi connectivity index (χ0n) is 14.2. The molecule has 2 aliphatic rings. The van der Waals surface area contributed by atoms with Crippen molar-refractivity contribution in [3.05, 3.63) is 35.9 Å². The normalized spacial score (nSPS) is 19.8. The first-order valence-electron chi connectivity index (χ1n) is 8.78. The van der Waals surface area contributed by atoms with E-state index in [4.69, 9.17) is 9.47 Å². The molecule has 6 nitrogen and oxygen atoms in total. The van der Waals surface area contributed by atoms with Crippen molar-refractivity contribution in [2.75, 3.05) is 65.7 Å². The van der Waals surface area contributed by atoms with E-state index < -0.39 is 0 Å². The number of nitrogens with zero attached hydrogens (tertiary/aromatic N) is 2. The number of ether oxygens (including phenoxy) is 2. The van der Waals surface area contributed by atoms with Gasteiger partial charge in [0, 0.05) is 44.8 Å². The largest absolute Gasteiger partial charge is 0.378 e. The summed E-state index contributed by atoms with van der Waals surface area (Å²) >= 11 is 0. The van der Waals surface area contributed by atoms with E-state index in [2.05, 4.69) is 15.1 Å². The van der Waals surface area contributed by atoms with Gasteiger partial charge in [0.2, 0.25) is 0 Å². The highest BCUT2D eigenvalue weighted by molar-refractivity contribution is 5.94. The number of benzene rings is 1. The fraction of sp³-hybridized carbons (Fsp3) is 0.611. The van der Waals surface area contributed by atoms with Crippen LogP contribution in [0, 0.1) is 0 Å². The van der Waals surface area contributed by atoms with Crippen LogP contribution < -0.4 is 5.32 Å². The van der Waals surface area contributed by atoms with Gasteiger partial charge in [-0.15, -0.1) is 0 Å². The van der Waals surface area contributed by atoms with Gasteiger partial charge in [-0.25, -0.2) is 0 Å². The lowest BCUT2D eigenvalue weighted by Crippen LogP contribution is -2.56. The van der Waals surface area contributed by atoms with Gasteiger partial charge >= 0.3 is 0 Å². The molecule has 0 unspecified atom stereocenters. The van der Waals surface area contributed by atoms with Crippen LogP contribution >= 0.6 is 0 Å². The molecule has 2 aliphatic heterocycles. The van der Waals surface area contributed by atoms with E-state index in [1.165, 1.54) is 0 Å². The van der Waals surface area contributed by atoms with Crippen LogP contribution in [0.3, 0.4) is 0 Å². The van der Waals surface area contributed by atoms with Gasteiger partial charge < -0.3 is 14.8 Å². The van der Waals surface area contributed by atoms with E-state index in [1.54, 1.807) is 0 Å². The Labute approximate surface area is 143 Å². The summed E-state index contributed by atoms with van der Waals surface area (Å²) in [6.07, 6.45) is 0. The molecule has 24 heavy (non-hydrogen) atoms. The predicted octanol–water partition coefficient (Wildman–Crippen LogP) is 0.449. The van der Waals surface area contributed by atoms with E-state index in [-0.39, 0.29) is 5.91 Å². The second kappa shape index (κ2) is 9.13. The number of hydrogen-bond acceptors (Lipinski definition) is 5. The Bertz CT molecular complexity index is 499. The Morgan fingerprint density at radius 2 is 1.88 bits per heavy atom. The highest BCUT2D eigenvalue weighted by Gasteiger charge is 2.28. The van der Waals surface area contributed by atoms with Crippen LogP contribution in [0.2, 0.25) is 0 Å². The first-order chi connectivity index (χ1) is 11.8. The van der Waals surface area contributed by atoms with E-state index in [9.17, 15) is 4.79 Å². The van der Waals surface area contributed by atoms with Gasteiger partial charge in [0.05, 0.1) is 32.5 Å². The molecule has 0 bridgehead atoms. The fourth-order valence-electron chi connectivity index (χ4n) is 3.01. The van der Waals surface area contributed by atoms with Gasteiger partial charge in [0.1, 0.15) is 0 Å². The maximum Gasteiger partial charge on any atom is 0.251 e. The monoisotopic (exact) mass is 333 g/mol. The second-order valence-electron chi connectivity index (χ2n) is 6.30. The Morgan fingerprint density at radius 1 is 1.12 bits per heavy atom. The van der Waals surface area contributed by atoms with E-state index >= 15 is 0 Å². The highest BCUT2D eigenvalue weighted by Crippen LogP contribution is 2.12. The van der Waals surface area contributed by atoms with Crippen molar-refractivity contribution in [2.24, 2.45) is 0 Å². The van der Waals surface area contributed by atoms with Crippen LogP contribution in [-0.2, 0) is 9.47 Å². The van der Waals surface area contributed by atoms with Crippen molar-refractivity contribution >= 4 is 5.91 Å². The second-order valence-corrected chi connectivity index (χ2v) is 6.30. The summed E-state index contributed by atoms with van der Waals surface area (Å²) in [5, 5.41) is 2.87. The average Bonchev–Trinajstić information content (AvgIpc) is 2.58. The molecule has 2 saturated heterocycles. The minimum Gasteiger partial charge on any atom is -0.378 e. The van der Waals surface area contributed by atoms with Crippen LogP contribution in [-0.4, -0.2) is 87.4 Å². The maximum absolute atomic E-state index is 11.9. The van der Waals surface area contributed by atoms with E-state index in [0.29, 0.717) is 31.4 Å². The lowest BCUT2D eigenvalue weighted by atomic mass is 10.2. The molecule has 0 radical (unpaired) electrons. The van der Waals surface area contributed by atoms with Crippen LogP contribution in [0.25, 0.3) is 0 Å². The fourth-order valence-corrected chi connectivity index (χ4v) is 3.01. The summed E-state index contributed by atoms with van der Waals surface area (Å²) in [5.41, 5.74) is 0.687. The third-order valence-corrected chi connectivity index (χ3v) is 4.66. The molecule has 0 atom stereocenters. The number of piperazine rings is 1. The van der Waals surface area contributed by atoms with Crippen molar-refractivity contribution in [1.82, 2.24) is 15.1 Å². The van der Waals surface area contributed by atoms with E-state index in [1.807, 2.05) is 30.3 Å². The highest BCUT2D eigenvalue weighted by atomic mass is 16.5. The number of amides is 1. The molecule has 1 aromatic rings. The molecule has 1 amide bonds. The zero-order chi connectivity index (χ0) is 16.6. The van der Waals surface area contributed by atoms with Crippen LogP contribution in [0.5, 0.6) is 0 Å². The molecule has 3 rings (SSSR count). The summed E-state index contributed by atoms with van der Waals surface area (Å²) in [6, 6.07) is 9.90. The Hall–Kier alpha value is -1.47. The van der Waals surface area contributed by atoms with Gasteiger partial charge in [-0.1, -0.05) is 18.2 Å². The molecule has 1 N–H and O–H groups in total. The van der Waals surface area contributed by atoms with Crippen molar-refractivity contribution in [3.63, 3.8) is 0 Å². The van der Waals surface area contributed by atoms with Crippen molar-refractivity contribution < 1.29 is 14.3 Å². The minimum atomic E-state index is -0.0460. The smallest absolute Gasteiger partial charge is 0.251 e. The summed E-state index contributed by atoms with van der Waals surface area (Å²) in [5.74, 6) is -0.0460. The van der Waals surface area contributed by atoms with Crippen molar-refractivity contribution in [2.45, 2.75) is 6.04 Å². The lowest BCUT2D eigenvalue weighted by Gasteiger charge is -2.42. The minimum absolute atomic E-state index is 0.0460. The van der Waals surface area contributed by atoms with Crippen molar-refractivity contribution in [1.29, 1.82) is 0 Å². The third kappa shape index (κ3) is 5.01. The molecule has 0 aromatic heterocycles. The SMILES string of the molecule is O=C(NCCOCCN1CCN(C2COC2)CC1)c1ccccc1. The molecule has 1 aromatic carbocycles. The first-order valence-corrected chi connectivity index (χ1v) is 8.78. The number of carbonyl (C=O) groups excluding carboxylic acids is 1. The summed E-state index contributed by atoms with van der Waals surface area (Å²) in [4.78, 5) is 16.8. The molecule has 2 fully saturated rings. The zero-order valence-corrected chi connectivity index (χ0v) is 14.2. The number of carbonyl (C=O) groups is 1. The Kier molecular flexibility index (Phi) is 6.60. The first kappa shape index (κ1) is 17.4. The molecular weight excluding hydrogens is 306 g/mol. The maximum atomic E-state index is 11.9. The predicted molar refractivity (Wildman–Crippen MR) is 92.2 cm³/mol. The molecule has 0 aliphatic carbocycles. The topological polar surface area (TPSA) is 54.0 Å². The summed E-state index contributed by atoms with van der Waals surface area (Å²) in [7, 11) is 0. The van der Waals surface area contributed by atoms with Crippen LogP contribution in [0.4, 0.5) is 0 Å². The number of rotatable bonds is 8. The van der Waals surface area contributed by atoms with Crippen LogP contribution in [0.1, 0.15) is 10.4 Å². The number of nitrogens with one attached hydrogen (secondary N) is 1. The standard InChI is InChI=1S/C18H27N3O3/c22-18(16-4-2-1-3-5-16)19-6-12-23-13-11-20-7-9-21(10-8-20)17-14-24-15-17/h1-5,17H,6-15H2,(H,19,22). The summed E-state index contributed by atoms with van der Waals surface area (Å²) in [6.45, 7) is 9.03. The van der Waals surface area contributed by atoms with Gasteiger partial charge in [-0.2, -0.15) is 0 Å². The molecular formula is C18H27N3O3. The number of hydrogen-bond donors (Lipinski definition) is 1.